The molecule has 0 aliphatic carbocycles. The van der Waals surface area contributed by atoms with E-state index in [1.807, 2.05) is 47.4 Å². The Balaban J connectivity index is 0.728. The summed E-state index contributed by atoms with van der Waals surface area (Å²) in [6.07, 6.45) is 5.06. The highest BCUT2D eigenvalue weighted by Crippen LogP contribution is 2.38. The SMILES string of the molecule is O=C1CCC(Nc2ccc(C3CCN(CC(=O)N4CCN(c5ccc(C6CNC7=C(C6)C(=O)N(C(C(=O)Nc6nccs6)c6ccccc6)C7)cc5)CC4)CC3)cc2)C(=O)N1. The summed E-state index contributed by atoms with van der Waals surface area (Å²) in [5, 5.41) is 14.4. The van der Waals surface area contributed by atoms with E-state index >= 15 is 0 Å². The lowest BCUT2D eigenvalue weighted by molar-refractivity contribution is -0.134. The lowest BCUT2D eigenvalue weighted by Crippen LogP contribution is -2.51. The van der Waals surface area contributed by atoms with Gasteiger partial charge in [-0.1, -0.05) is 54.6 Å². The summed E-state index contributed by atoms with van der Waals surface area (Å²) < 4.78 is 0. The maximum Gasteiger partial charge on any atom is 0.253 e. The fourth-order valence-electron chi connectivity index (χ4n) is 9.36. The van der Waals surface area contributed by atoms with Gasteiger partial charge in [0.1, 0.15) is 12.1 Å². The highest BCUT2D eigenvalue weighted by molar-refractivity contribution is 7.13. The zero-order chi connectivity index (χ0) is 41.9. The van der Waals surface area contributed by atoms with Crippen LogP contribution in [-0.2, 0) is 24.0 Å². The average Bonchev–Trinajstić information content (AvgIpc) is 3.92. The third-order valence-corrected chi connectivity index (χ3v) is 13.5. The summed E-state index contributed by atoms with van der Waals surface area (Å²) in [4.78, 5) is 77.1. The van der Waals surface area contributed by atoms with Crippen LogP contribution >= 0.6 is 11.3 Å². The Kier molecular flexibility index (Phi) is 11.8. The second-order valence-corrected chi connectivity index (χ2v) is 17.5. The molecule has 6 heterocycles. The average molecular weight is 842 g/mol. The lowest BCUT2D eigenvalue weighted by Gasteiger charge is -2.38. The molecule has 3 aromatic carbocycles. The number of nitrogens with one attached hydrogen (secondary N) is 4. The minimum Gasteiger partial charge on any atom is -0.386 e. The molecule has 1 aromatic heterocycles. The van der Waals surface area contributed by atoms with Gasteiger partial charge in [-0.15, -0.1) is 11.3 Å². The van der Waals surface area contributed by atoms with Gasteiger partial charge in [0.25, 0.3) is 11.8 Å². The number of carbonyl (C=O) groups excluding carboxylic acids is 5. The molecule has 61 heavy (non-hydrogen) atoms. The number of imide groups is 1. The Morgan fingerprint density at radius 2 is 1.56 bits per heavy atom. The van der Waals surface area contributed by atoms with Crippen molar-refractivity contribution in [3.05, 3.63) is 118 Å². The first-order chi connectivity index (χ1) is 29.8. The Labute approximate surface area is 359 Å². The lowest BCUT2D eigenvalue weighted by atomic mass is 9.88. The van der Waals surface area contributed by atoms with Crippen molar-refractivity contribution < 1.29 is 24.0 Å². The van der Waals surface area contributed by atoms with Gasteiger partial charge in [-0.2, -0.15) is 0 Å². The highest BCUT2D eigenvalue weighted by Gasteiger charge is 2.42. The summed E-state index contributed by atoms with van der Waals surface area (Å²) in [6.45, 7) is 6.16. The number of hydrogen-bond donors (Lipinski definition) is 4. The molecule has 0 radical (unpaired) electrons. The molecule has 3 saturated heterocycles. The van der Waals surface area contributed by atoms with Gasteiger partial charge in [0, 0.05) is 79.3 Å². The van der Waals surface area contributed by atoms with Gasteiger partial charge in [0.2, 0.25) is 17.7 Å². The molecule has 3 unspecified atom stereocenters. The Morgan fingerprint density at radius 3 is 2.26 bits per heavy atom. The molecule has 0 bridgehead atoms. The molecular weight excluding hydrogens is 791 g/mol. The van der Waals surface area contributed by atoms with Crippen molar-refractivity contribution >= 4 is 57.4 Å². The first-order valence-electron chi connectivity index (χ1n) is 21.3. The number of piperazine rings is 1. The zero-order valence-electron chi connectivity index (χ0n) is 34.1. The number of benzene rings is 3. The van der Waals surface area contributed by atoms with Gasteiger partial charge in [-0.25, -0.2) is 4.98 Å². The van der Waals surface area contributed by atoms with E-state index < -0.39 is 12.1 Å². The number of carbonyl (C=O) groups is 5. The molecule has 5 aliphatic heterocycles. The van der Waals surface area contributed by atoms with Crippen LogP contribution in [0.2, 0.25) is 0 Å². The van der Waals surface area contributed by atoms with E-state index in [0.717, 1.165) is 72.8 Å². The summed E-state index contributed by atoms with van der Waals surface area (Å²) in [5.41, 5.74) is 6.80. The third-order valence-electron chi connectivity index (χ3n) is 12.8. The molecule has 0 saturated carbocycles. The van der Waals surface area contributed by atoms with E-state index in [0.29, 0.717) is 63.0 Å². The third kappa shape index (κ3) is 9.03. The standard InChI is InChI=1S/C46H51N9O5S/c56-40-15-14-38(43(58)50-40)49-35-10-6-30(7-11-35)32-16-19-52(20-17-32)29-41(57)54-23-21-53(22-24-54)36-12-8-31(9-13-36)34-26-37-39(48-27-34)28-55(45(37)60)42(33-4-2-1-3-5-33)44(59)51-46-47-18-25-61-46/h1-13,18,25,32,34,38,42,48-49H,14-17,19-24,26-29H2,(H,47,51,59)(H,50,56,58). The zero-order valence-corrected chi connectivity index (χ0v) is 34.9. The van der Waals surface area contributed by atoms with Gasteiger partial charge in [-0.05, 0) is 85.6 Å². The molecule has 15 heteroatoms. The molecule has 5 aliphatic rings. The van der Waals surface area contributed by atoms with Crippen LogP contribution in [0.3, 0.4) is 0 Å². The van der Waals surface area contributed by atoms with E-state index in [-0.39, 0.29) is 35.5 Å². The number of rotatable bonds is 11. The van der Waals surface area contributed by atoms with E-state index in [1.54, 1.807) is 16.5 Å². The van der Waals surface area contributed by atoms with Crippen LogP contribution in [0.1, 0.15) is 66.7 Å². The molecule has 5 amide bonds. The van der Waals surface area contributed by atoms with E-state index in [2.05, 4.69) is 72.4 Å². The monoisotopic (exact) mass is 841 g/mol. The summed E-state index contributed by atoms with van der Waals surface area (Å²) in [5.74, 6) is -0.162. The Bertz CT molecular complexity index is 2270. The minimum absolute atomic E-state index is 0.116. The molecule has 4 N–H and O–H groups in total. The molecule has 316 valence electrons. The number of aromatic nitrogens is 1. The van der Waals surface area contributed by atoms with Crippen LogP contribution in [0.4, 0.5) is 16.5 Å². The fourth-order valence-corrected chi connectivity index (χ4v) is 9.89. The van der Waals surface area contributed by atoms with Gasteiger partial charge >= 0.3 is 0 Å². The molecule has 3 fully saturated rings. The molecule has 9 rings (SSSR count). The van der Waals surface area contributed by atoms with Gasteiger partial charge < -0.3 is 25.3 Å². The van der Waals surface area contributed by atoms with Crippen molar-refractivity contribution in [2.75, 3.05) is 74.4 Å². The molecule has 4 aromatic rings. The fraction of sp³-hybridized carbons (Fsp3) is 0.391. The van der Waals surface area contributed by atoms with Crippen LogP contribution in [0.15, 0.2) is 102 Å². The Morgan fingerprint density at radius 1 is 0.836 bits per heavy atom. The first kappa shape index (κ1) is 40.4. The van der Waals surface area contributed by atoms with Crippen LogP contribution in [0, 0.1) is 0 Å². The van der Waals surface area contributed by atoms with Gasteiger partial charge in [0.15, 0.2) is 5.13 Å². The van der Waals surface area contributed by atoms with Crippen LogP contribution in [-0.4, -0.2) is 114 Å². The molecule has 0 spiro atoms. The molecule has 14 nitrogen and oxygen atoms in total. The normalized spacial score (nSPS) is 21.8. The number of anilines is 3. The van der Waals surface area contributed by atoms with Crippen molar-refractivity contribution in [2.45, 2.75) is 56.0 Å². The van der Waals surface area contributed by atoms with Gasteiger partial charge in [0.05, 0.1) is 13.1 Å². The van der Waals surface area contributed by atoms with Crippen molar-refractivity contribution in [3.63, 3.8) is 0 Å². The van der Waals surface area contributed by atoms with Crippen molar-refractivity contribution in [2.24, 2.45) is 0 Å². The number of piperidine rings is 2. The number of nitrogens with zero attached hydrogens (tertiary/aromatic N) is 5. The first-order valence-corrected chi connectivity index (χ1v) is 22.2. The number of amides is 5. The van der Waals surface area contributed by atoms with Gasteiger partial charge in [-0.3, -0.25) is 39.5 Å². The highest BCUT2D eigenvalue weighted by atomic mass is 32.1. The van der Waals surface area contributed by atoms with E-state index in [9.17, 15) is 24.0 Å². The van der Waals surface area contributed by atoms with Crippen LogP contribution in [0.25, 0.3) is 0 Å². The second-order valence-electron chi connectivity index (χ2n) is 16.6. The topological polar surface area (TPSA) is 159 Å². The number of likely N-dealkylation sites (tertiary alicyclic amines) is 1. The van der Waals surface area contributed by atoms with Crippen molar-refractivity contribution in [1.29, 1.82) is 0 Å². The summed E-state index contributed by atoms with van der Waals surface area (Å²) in [6, 6.07) is 25.1. The molecular formula is C46H51N9O5S. The van der Waals surface area contributed by atoms with E-state index in [1.165, 1.54) is 16.9 Å². The minimum atomic E-state index is -0.785. The van der Waals surface area contributed by atoms with Crippen LogP contribution < -0.4 is 26.2 Å². The Hall–Kier alpha value is -6.06. The second kappa shape index (κ2) is 17.9. The molecule has 3 atom stereocenters. The predicted octanol–water partition coefficient (Wildman–Crippen LogP) is 4.44. The van der Waals surface area contributed by atoms with Crippen molar-refractivity contribution in [1.82, 2.24) is 30.3 Å². The van der Waals surface area contributed by atoms with Crippen LogP contribution in [0.5, 0.6) is 0 Å². The quantitative estimate of drug-likeness (QED) is 0.159. The maximum absolute atomic E-state index is 14.0. The van der Waals surface area contributed by atoms with E-state index in [4.69, 9.17) is 0 Å². The number of thiazole rings is 1. The maximum atomic E-state index is 14.0. The predicted molar refractivity (Wildman–Crippen MR) is 234 cm³/mol. The summed E-state index contributed by atoms with van der Waals surface area (Å²) in [7, 11) is 0. The van der Waals surface area contributed by atoms with Crippen molar-refractivity contribution in [3.8, 4) is 0 Å². The largest absolute Gasteiger partial charge is 0.386 e. The number of hydrogen-bond acceptors (Lipinski definition) is 11. The smallest absolute Gasteiger partial charge is 0.253 e. The summed E-state index contributed by atoms with van der Waals surface area (Å²) >= 11 is 1.34.